The largest absolute Gasteiger partial charge is 0.497 e. The fourth-order valence-corrected chi connectivity index (χ4v) is 3.53. The van der Waals surface area contributed by atoms with E-state index in [0.717, 1.165) is 30.0 Å². The maximum Gasteiger partial charge on any atom is 0.136 e. The molecule has 5 heteroatoms. The van der Waals surface area contributed by atoms with Crippen LogP contribution in [0.3, 0.4) is 0 Å². The van der Waals surface area contributed by atoms with E-state index in [9.17, 15) is 0 Å². The highest BCUT2D eigenvalue weighted by Gasteiger charge is 2.23. The molecule has 0 amide bonds. The van der Waals surface area contributed by atoms with Crippen molar-refractivity contribution < 1.29 is 4.74 Å². The van der Waals surface area contributed by atoms with Crippen LogP contribution in [-0.2, 0) is 0 Å². The molecule has 2 heterocycles. The summed E-state index contributed by atoms with van der Waals surface area (Å²) < 4.78 is 5.46. The van der Waals surface area contributed by atoms with Gasteiger partial charge in [-0.05, 0) is 51.2 Å². The molecule has 0 unspecified atom stereocenters. The molecule has 0 atom stereocenters. The third-order valence-electron chi connectivity index (χ3n) is 5.09. The third kappa shape index (κ3) is 3.13. The molecule has 24 heavy (non-hydrogen) atoms. The van der Waals surface area contributed by atoms with Gasteiger partial charge in [0.25, 0.3) is 0 Å². The number of hydrogen-bond donors (Lipinski definition) is 0. The molecule has 0 aliphatic carbocycles. The van der Waals surface area contributed by atoms with E-state index >= 15 is 0 Å². The number of likely N-dealkylation sites (tertiary alicyclic amines) is 1. The molecule has 2 aromatic rings. The molecular weight excluding hydrogens is 300 g/mol. The number of fused-ring (bicyclic) bond motifs is 1. The molecule has 130 valence electrons. The molecule has 0 spiro atoms. The highest BCUT2D eigenvalue weighted by Crippen LogP contribution is 2.35. The van der Waals surface area contributed by atoms with E-state index in [1.165, 1.54) is 23.9 Å². The van der Waals surface area contributed by atoms with Gasteiger partial charge >= 0.3 is 0 Å². The van der Waals surface area contributed by atoms with Crippen molar-refractivity contribution in [2.24, 2.45) is 0 Å². The zero-order valence-electron chi connectivity index (χ0n) is 15.4. The van der Waals surface area contributed by atoms with Crippen molar-refractivity contribution in [3.63, 3.8) is 0 Å². The summed E-state index contributed by atoms with van der Waals surface area (Å²) in [6.45, 7) is 2.30. The second-order valence-electron chi connectivity index (χ2n) is 6.92. The Labute approximate surface area is 144 Å². The van der Waals surface area contributed by atoms with Gasteiger partial charge in [-0.1, -0.05) is 0 Å². The first kappa shape index (κ1) is 16.8. The van der Waals surface area contributed by atoms with E-state index in [-0.39, 0.29) is 0 Å². The van der Waals surface area contributed by atoms with Gasteiger partial charge in [-0.25, -0.2) is 4.98 Å². The molecule has 0 radical (unpaired) electrons. The summed E-state index contributed by atoms with van der Waals surface area (Å²) in [6, 6.07) is 6.81. The predicted molar refractivity (Wildman–Crippen MR) is 102 cm³/mol. The van der Waals surface area contributed by atoms with Gasteiger partial charge in [0.1, 0.15) is 11.6 Å². The molecule has 5 nitrogen and oxygen atoms in total. The fourth-order valence-electron chi connectivity index (χ4n) is 3.53. The van der Waals surface area contributed by atoms with E-state index in [4.69, 9.17) is 9.72 Å². The first-order valence-electron chi connectivity index (χ1n) is 8.56. The molecule has 1 aromatic carbocycles. The Hall–Kier alpha value is -2.01. The zero-order chi connectivity index (χ0) is 17.3. The molecule has 0 saturated carbocycles. The standard InChI is InChI=1S/C19H28N4O/c1-21(2)19-16-7-6-15(24-5)12-17(16)18(13-20-19)23(4)14-8-10-22(3)11-9-14/h6-7,12-14H,8-11H2,1-5H3. The van der Waals surface area contributed by atoms with Gasteiger partial charge in [-0.3, -0.25) is 0 Å². The van der Waals surface area contributed by atoms with Crippen LogP contribution in [0, 0.1) is 0 Å². The van der Waals surface area contributed by atoms with E-state index in [2.05, 4.69) is 40.9 Å². The molecule has 1 aliphatic rings. The maximum absolute atomic E-state index is 5.46. The zero-order valence-corrected chi connectivity index (χ0v) is 15.4. The van der Waals surface area contributed by atoms with Crippen LogP contribution < -0.4 is 14.5 Å². The highest BCUT2D eigenvalue weighted by atomic mass is 16.5. The lowest BCUT2D eigenvalue weighted by Gasteiger charge is -2.37. The molecular formula is C19H28N4O. The Bertz CT molecular complexity index is 708. The summed E-state index contributed by atoms with van der Waals surface area (Å²) in [7, 11) is 10.2. The van der Waals surface area contributed by atoms with Crippen LogP contribution in [0.1, 0.15) is 12.8 Å². The lowest BCUT2D eigenvalue weighted by atomic mass is 10.0. The van der Waals surface area contributed by atoms with Gasteiger partial charge in [0.15, 0.2) is 0 Å². The van der Waals surface area contributed by atoms with Crippen LogP contribution in [-0.4, -0.2) is 64.3 Å². The van der Waals surface area contributed by atoms with Crippen LogP contribution in [0.2, 0.25) is 0 Å². The quantitative estimate of drug-likeness (QED) is 0.862. The van der Waals surface area contributed by atoms with Crippen molar-refractivity contribution in [1.29, 1.82) is 0 Å². The van der Waals surface area contributed by atoms with E-state index < -0.39 is 0 Å². The highest BCUT2D eigenvalue weighted by molar-refractivity contribution is 6.01. The SMILES string of the molecule is COc1ccc2c(N(C)C)ncc(N(C)C3CCN(C)CC3)c2c1. The van der Waals surface area contributed by atoms with Crippen LogP contribution >= 0.6 is 0 Å². The molecule has 3 rings (SSSR count). The van der Waals surface area contributed by atoms with Crippen LogP contribution in [0.15, 0.2) is 24.4 Å². The smallest absolute Gasteiger partial charge is 0.136 e. The molecule has 0 bridgehead atoms. The Morgan fingerprint density at radius 1 is 1.12 bits per heavy atom. The number of nitrogens with zero attached hydrogens (tertiary/aromatic N) is 4. The molecule has 1 saturated heterocycles. The summed E-state index contributed by atoms with van der Waals surface area (Å²) in [5.74, 6) is 1.88. The average Bonchev–Trinajstić information content (AvgIpc) is 2.60. The van der Waals surface area contributed by atoms with Crippen LogP contribution in [0.5, 0.6) is 5.75 Å². The number of methoxy groups -OCH3 is 1. The summed E-state index contributed by atoms with van der Waals surface area (Å²) in [6.07, 6.45) is 4.39. The van der Waals surface area contributed by atoms with Gasteiger partial charge in [0, 0.05) is 38.0 Å². The van der Waals surface area contributed by atoms with Crippen molar-refractivity contribution >= 4 is 22.3 Å². The average molecular weight is 328 g/mol. The summed E-state index contributed by atoms with van der Waals surface area (Å²) >= 11 is 0. The minimum absolute atomic E-state index is 0.558. The Morgan fingerprint density at radius 3 is 2.46 bits per heavy atom. The number of anilines is 2. The molecule has 0 N–H and O–H groups in total. The van der Waals surface area contributed by atoms with Crippen LogP contribution in [0.4, 0.5) is 11.5 Å². The summed E-state index contributed by atoms with van der Waals surface area (Å²) in [4.78, 5) is 11.6. The number of hydrogen-bond acceptors (Lipinski definition) is 5. The second-order valence-corrected chi connectivity index (χ2v) is 6.92. The van der Waals surface area contributed by atoms with E-state index in [0.29, 0.717) is 6.04 Å². The van der Waals surface area contributed by atoms with Crippen molar-refractivity contribution in [2.45, 2.75) is 18.9 Å². The topological polar surface area (TPSA) is 31.8 Å². The van der Waals surface area contributed by atoms with Gasteiger partial charge in [-0.15, -0.1) is 0 Å². The number of aromatic nitrogens is 1. The number of ether oxygens (including phenoxy) is 1. The van der Waals surface area contributed by atoms with Crippen molar-refractivity contribution in [1.82, 2.24) is 9.88 Å². The van der Waals surface area contributed by atoms with E-state index in [1.54, 1.807) is 7.11 Å². The monoisotopic (exact) mass is 328 g/mol. The number of benzene rings is 1. The number of rotatable bonds is 4. The van der Waals surface area contributed by atoms with Gasteiger partial charge in [0.05, 0.1) is 19.0 Å². The summed E-state index contributed by atoms with van der Waals surface area (Å²) in [5.41, 5.74) is 1.18. The molecule has 1 fully saturated rings. The molecule has 1 aromatic heterocycles. The van der Waals surface area contributed by atoms with Crippen LogP contribution in [0.25, 0.3) is 10.8 Å². The van der Waals surface area contributed by atoms with Crippen molar-refractivity contribution in [3.05, 3.63) is 24.4 Å². The van der Waals surface area contributed by atoms with Gasteiger partial charge < -0.3 is 19.4 Å². The predicted octanol–water partition coefficient (Wildman–Crippen LogP) is 2.84. The second kappa shape index (κ2) is 6.85. The number of piperidine rings is 1. The maximum atomic E-state index is 5.46. The van der Waals surface area contributed by atoms with E-state index in [1.807, 2.05) is 26.4 Å². The summed E-state index contributed by atoms with van der Waals surface area (Å²) in [5, 5.41) is 2.37. The Balaban J connectivity index is 2.05. The van der Waals surface area contributed by atoms with Crippen molar-refractivity contribution in [3.8, 4) is 5.75 Å². The van der Waals surface area contributed by atoms with Crippen molar-refractivity contribution in [2.75, 3.05) is 58.2 Å². The normalized spacial score (nSPS) is 16.4. The minimum Gasteiger partial charge on any atom is -0.497 e. The molecule has 1 aliphatic heterocycles. The lowest BCUT2D eigenvalue weighted by molar-refractivity contribution is 0.253. The lowest BCUT2D eigenvalue weighted by Crippen LogP contribution is -2.42. The fraction of sp³-hybridized carbons (Fsp3) is 0.526. The minimum atomic E-state index is 0.558. The Kier molecular flexibility index (Phi) is 4.81. The Morgan fingerprint density at radius 2 is 1.83 bits per heavy atom. The number of pyridine rings is 1. The van der Waals surface area contributed by atoms with Gasteiger partial charge in [-0.2, -0.15) is 0 Å². The third-order valence-corrected chi connectivity index (χ3v) is 5.09. The first-order valence-corrected chi connectivity index (χ1v) is 8.56. The van der Waals surface area contributed by atoms with Gasteiger partial charge in [0.2, 0.25) is 0 Å². The first-order chi connectivity index (χ1) is 11.5.